The molecule has 1 aromatic heterocycles. The summed E-state index contributed by atoms with van der Waals surface area (Å²) in [7, 11) is 0. The number of hydrogen-bond donors (Lipinski definition) is 0. The molecular weight excluding hydrogens is 479 g/mol. The van der Waals surface area contributed by atoms with E-state index in [9.17, 15) is 18.0 Å². The molecule has 1 aromatic carbocycles. The fourth-order valence-corrected chi connectivity index (χ4v) is 5.39. The predicted molar refractivity (Wildman–Crippen MR) is 139 cm³/mol. The van der Waals surface area contributed by atoms with Crippen molar-refractivity contribution in [3.63, 3.8) is 0 Å². The fraction of sp³-hybridized carbons (Fsp3) is 0.571. The number of alkyl halides is 3. The summed E-state index contributed by atoms with van der Waals surface area (Å²) >= 11 is 0. The largest absolute Gasteiger partial charge is 0.416 e. The van der Waals surface area contributed by atoms with Crippen LogP contribution in [0.5, 0.6) is 0 Å². The van der Waals surface area contributed by atoms with Crippen LogP contribution in [0, 0.1) is 0 Å². The van der Waals surface area contributed by atoms with Gasteiger partial charge in [-0.1, -0.05) is 19.1 Å². The van der Waals surface area contributed by atoms with Gasteiger partial charge in [0.05, 0.1) is 17.0 Å². The molecule has 9 heteroatoms. The molecule has 1 aliphatic carbocycles. The highest BCUT2D eigenvalue weighted by Gasteiger charge is 2.34. The summed E-state index contributed by atoms with van der Waals surface area (Å²) in [5, 5.41) is 0. The molecule has 6 nitrogen and oxygen atoms in total. The second-order valence-electron chi connectivity index (χ2n) is 10.8. The van der Waals surface area contributed by atoms with E-state index >= 15 is 0 Å². The molecule has 37 heavy (non-hydrogen) atoms. The first-order valence-corrected chi connectivity index (χ1v) is 13.0. The quantitative estimate of drug-likeness (QED) is 0.428. The number of aromatic nitrogens is 2. The van der Waals surface area contributed by atoms with E-state index < -0.39 is 17.7 Å². The van der Waals surface area contributed by atoms with Gasteiger partial charge in [0.2, 0.25) is 5.91 Å². The van der Waals surface area contributed by atoms with Gasteiger partial charge in [-0.05, 0) is 76.3 Å². The Bertz CT molecular complexity index is 1110. The van der Waals surface area contributed by atoms with Gasteiger partial charge >= 0.3 is 6.18 Å². The molecule has 1 fully saturated rings. The number of aliphatic imine (C=N–C) groups is 1. The van der Waals surface area contributed by atoms with E-state index in [1.54, 1.807) is 6.33 Å². The normalized spacial score (nSPS) is 19.0. The van der Waals surface area contributed by atoms with E-state index in [2.05, 4.69) is 33.5 Å². The number of anilines is 1. The SMILES string of the molecule is C=NC(C)(C)CCC[C@@H](C(=O)N1CCN(c2ncnc3c2[C@H](C)CC3)CC1)c1ccc(C(F)(F)F)cc1. The molecule has 2 aromatic rings. The van der Waals surface area contributed by atoms with Crippen molar-refractivity contribution in [3.05, 3.63) is 53.0 Å². The molecule has 2 aliphatic rings. The Labute approximate surface area is 217 Å². The zero-order valence-electron chi connectivity index (χ0n) is 21.9. The molecule has 1 saturated heterocycles. The number of carbonyl (C=O) groups is 1. The summed E-state index contributed by atoms with van der Waals surface area (Å²) in [6.07, 6.45) is 1.26. The number of carbonyl (C=O) groups excluding carboxylic acids is 1. The number of benzene rings is 1. The van der Waals surface area contributed by atoms with E-state index in [-0.39, 0.29) is 11.4 Å². The third-order valence-electron chi connectivity index (χ3n) is 7.79. The van der Waals surface area contributed by atoms with E-state index in [1.165, 1.54) is 17.7 Å². The summed E-state index contributed by atoms with van der Waals surface area (Å²) in [5.41, 5.74) is 1.94. The van der Waals surface area contributed by atoms with Crippen LogP contribution in [0.15, 0.2) is 35.6 Å². The molecule has 2 heterocycles. The van der Waals surface area contributed by atoms with Crippen molar-refractivity contribution in [2.45, 2.75) is 76.4 Å². The van der Waals surface area contributed by atoms with Crippen LogP contribution in [-0.4, -0.2) is 59.2 Å². The van der Waals surface area contributed by atoms with Crippen molar-refractivity contribution in [2.75, 3.05) is 31.1 Å². The second kappa shape index (κ2) is 10.8. The first-order chi connectivity index (χ1) is 17.5. The van der Waals surface area contributed by atoms with Crippen LogP contribution in [0.25, 0.3) is 0 Å². The van der Waals surface area contributed by atoms with Crippen LogP contribution in [-0.2, 0) is 17.4 Å². The number of piperazine rings is 1. The minimum Gasteiger partial charge on any atom is -0.353 e. The first-order valence-electron chi connectivity index (χ1n) is 13.0. The van der Waals surface area contributed by atoms with E-state index in [0.717, 1.165) is 42.9 Å². The monoisotopic (exact) mass is 515 g/mol. The van der Waals surface area contributed by atoms with Crippen LogP contribution < -0.4 is 4.90 Å². The average molecular weight is 516 g/mol. The summed E-state index contributed by atoms with van der Waals surface area (Å²) in [6, 6.07) is 5.04. The Morgan fingerprint density at radius 3 is 2.43 bits per heavy atom. The molecule has 200 valence electrons. The molecule has 1 aliphatic heterocycles. The number of aryl methyl sites for hydroxylation is 1. The van der Waals surface area contributed by atoms with Crippen LogP contribution in [0.4, 0.5) is 19.0 Å². The Balaban J connectivity index is 1.48. The van der Waals surface area contributed by atoms with Crippen LogP contribution in [0.1, 0.15) is 80.7 Å². The zero-order valence-corrected chi connectivity index (χ0v) is 21.9. The van der Waals surface area contributed by atoms with Crippen LogP contribution >= 0.6 is 0 Å². The summed E-state index contributed by atoms with van der Waals surface area (Å²) in [5.74, 6) is 0.854. The standard InChI is InChI=1S/C28H36F3N5O/c1-19-7-12-23-24(19)25(34-18-33-23)35-14-16-36(17-15-35)26(37)22(6-5-13-27(2,3)32-4)20-8-10-21(11-9-20)28(29,30)31/h8-11,18-19,22H,4-7,12-17H2,1-3H3/t19-,22-/m1/s1. The summed E-state index contributed by atoms with van der Waals surface area (Å²) in [6.45, 7) is 12.2. The van der Waals surface area contributed by atoms with Crippen molar-refractivity contribution >= 4 is 18.4 Å². The molecule has 1 amide bonds. The third-order valence-corrected chi connectivity index (χ3v) is 7.79. The number of fused-ring (bicyclic) bond motifs is 1. The molecule has 2 atom stereocenters. The van der Waals surface area contributed by atoms with Crippen molar-refractivity contribution in [2.24, 2.45) is 4.99 Å². The van der Waals surface area contributed by atoms with E-state index in [1.807, 2.05) is 18.7 Å². The molecule has 4 rings (SSSR count). The average Bonchev–Trinajstić information content (AvgIpc) is 3.27. The Hall–Kier alpha value is -2.97. The van der Waals surface area contributed by atoms with Gasteiger partial charge in [0, 0.05) is 37.4 Å². The van der Waals surface area contributed by atoms with Crippen LogP contribution in [0.3, 0.4) is 0 Å². The van der Waals surface area contributed by atoms with Crippen molar-refractivity contribution in [1.82, 2.24) is 14.9 Å². The lowest BCUT2D eigenvalue weighted by molar-refractivity contribution is -0.137. The van der Waals surface area contributed by atoms with Gasteiger partial charge in [-0.25, -0.2) is 9.97 Å². The Morgan fingerprint density at radius 2 is 1.81 bits per heavy atom. The van der Waals surface area contributed by atoms with E-state index in [0.29, 0.717) is 50.5 Å². The molecular formula is C28H36F3N5O. The number of rotatable bonds is 8. The lowest BCUT2D eigenvalue weighted by Crippen LogP contribution is -2.50. The summed E-state index contributed by atoms with van der Waals surface area (Å²) in [4.78, 5) is 31.0. The van der Waals surface area contributed by atoms with Gasteiger partial charge in [-0.2, -0.15) is 13.2 Å². The highest BCUT2D eigenvalue weighted by atomic mass is 19.4. The van der Waals surface area contributed by atoms with Gasteiger partial charge in [0.1, 0.15) is 12.1 Å². The maximum Gasteiger partial charge on any atom is 0.416 e. The molecule has 0 bridgehead atoms. The first kappa shape index (κ1) is 27.1. The van der Waals surface area contributed by atoms with Crippen molar-refractivity contribution in [1.29, 1.82) is 0 Å². The van der Waals surface area contributed by atoms with E-state index in [4.69, 9.17) is 0 Å². The van der Waals surface area contributed by atoms with Gasteiger partial charge in [0.25, 0.3) is 0 Å². The predicted octanol–water partition coefficient (Wildman–Crippen LogP) is 5.63. The maximum absolute atomic E-state index is 13.7. The molecule has 0 N–H and O–H groups in total. The maximum atomic E-state index is 13.7. The summed E-state index contributed by atoms with van der Waals surface area (Å²) < 4.78 is 39.4. The van der Waals surface area contributed by atoms with Gasteiger partial charge in [-0.15, -0.1) is 0 Å². The fourth-order valence-electron chi connectivity index (χ4n) is 5.39. The minimum atomic E-state index is -4.41. The van der Waals surface area contributed by atoms with Crippen molar-refractivity contribution in [3.8, 4) is 0 Å². The van der Waals surface area contributed by atoms with Crippen LogP contribution in [0.2, 0.25) is 0 Å². The Morgan fingerprint density at radius 1 is 1.14 bits per heavy atom. The molecule has 0 radical (unpaired) electrons. The lowest BCUT2D eigenvalue weighted by atomic mass is 9.88. The van der Waals surface area contributed by atoms with Gasteiger partial charge in [0.15, 0.2) is 0 Å². The van der Waals surface area contributed by atoms with Crippen molar-refractivity contribution < 1.29 is 18.0 Å². The minimum absolute atomic E-state index is 0.0370. The zero-order chi connectivity index (χ0) is 26.8. The molecule has 0 saturated carbocycles. The van der Waals surface area contributed by atoms with Gasteiger partial charge in [-0.3, -0.25) is 9.79 Å². The Kier molecular flexibility index (Phi) is 7.90. The lowest BCUT2D eigenvalue weighted by Gasteiger charge is -2.38. The number of amides is 1. The smallest absolute Gasteiger partial charge is 0.353 e. The highest BCUT2D eigenvalue weighted by molar-refractivity contribution is 5.84. The molecule has 0 unspecified atom stereocenters. The topological polar surface area (TPSA) is 61.7 Å². The number of nitrogens with zero attached hydrogens (tertiary/aromatic N) is 5. The number of hydrogen-bond acceptors (Lipinski definition) is 5. The van der Waals surface area contributed by atoms with Gasteiger partial charge < -0.3 is 9.80 Å². The molecule has 0 spiro atoms. The second-order valence-corrected chi connectivity index (χ2v) is 10.8. The third kappa shape index (κ3) is 6.13. The highest BCUT2D eigenvalue weighted by Crippen LogP contribution is 2.38. The number of halogens is 3.